The van der Waals surface area contributed by atoms with Gasteiger partial charge in [0.15, 0.2) is 0 Å². The first-order valence-corrected chi connectivity index (χ1v) is 6.18. The molecule has 0 saturated carbocycles. The van der Waals surface area contributed by atoms with Gasteiger partial charge in [0.25, 0.3) is 0 Å². The number of para-hydroxylation sites is 1. The number of fused-ring (bicyclic) bond motifs is 1. The molecule has 0 aliphatic heterocycles. The molecule has 0 fully saturated rings. The summed E-state index contributed by atoms with van der Waals surface area (Å²) < 4.78 is 2.18. The standard InChI is InChI=1S/C15H19NO/c1-4-12-6-5-7-14-13(9-8-11(2)17)10-16(3)15(12)14/h5-7,10H,4,8-9H2,1-3H3. The van der Waals surface area contributed by atoms with Crippen LogP contribution in [0.5, 0.6) is 0 Å². The highest BCUT2D eigenvalue weighted by molar-refractivity contribution is 5.87. The Balaban J connectivity index is 2.48. The fraction of sp³-hybridized carbons (Fsp3) is 0.400. The summed E-state index contributed by atoms with van der Waals surface area (Å²) in [7, 11) is 2.08. The van der Waals surface area contributed by atoms with Crippen molar-refractivity contribution in [3.8, 4) is 0 Å². The Kier molecular flexibility index (Phi) is 3.32. The number of nitrogens with zero attached hydrogens (tertiary/aromatic N) is 1. The Labute approximate surface area is 102 Å². The summed E-state index contributed by atoms with van der Waals surface area (Å²) in [5, 5.41) is 1.30. The lowest BCUT2D eigenvalue weighted by Crippen LogP contribution is -1.93. The van der Waals surface area contributed by atoms with E-state index in [0.29, 0.717) is 6.42 Å². The number of carbonyl (C=O) groups excluding carboxylic acids is 1. The molecule has 90 valence electrons. The van der Waals surface area contributed by atoms with Crippen molar-refractivity contribution in [3.05, 3.63) is 35.5 Å². The van der Waals surface area contributed by atoms with Crippen LogP contribution in [0.25, 0.3) is 10.9 Å². The summed E-state index contributed by atoms with van der Waals surface area (Å²) in [4.78, 5) is 11.1. The van der Waals surface area contributed by atoms with E-state index < -0.39 is 0 Å². The Morgan fingerprint density at radius 1 is 1.29 bits per heavy atom. The normalized spacial score (nSPS) is 11.0. The first-order valence-electron chi connectivity index (χ1n) is 6.18. The molecule has 0 N–H and O–H groups in total. The molecule has 1 aromatic carbocycles. The van der Waals surface area contributed by atoms with E-state index in [9.17, 15) is 4.79 Å². The third kappa shape index (κ3) is 2.26. The Hall–Kier alpha value is -1.57. The number of benzene rings is 1. The minimum Gasteiger partial charge on any atom is -0.350 e. The van der Waals surface area contributed by atoms with E-state index in [1.165, 1.54) is 22.0 Å². The molecular weight excluding hydrogens is 210 g/mol. The average molecular weight is 229 g/mol. The van der Waals surface area contributed by atoms with Crippen LogP contribution in [0.1, 0.15) is 31.4 Å². The SMILES string of the molecule is CCc1cccc2c(CCC(C)=O)cn(C)c12. The molecule has 0 aliphatic rings. The predicted molar refractivity (Wildman–Crippen MR) is 71.3 cm³/mol. The van der Waals surface area contributed by atoms with Crippen molar-refractivity contribution in [2.24, 2.45) is 7.05 Å². The van der Waals surface area contributed by atoms with Gasteiger partial charge in [0, 0.05) is 25.1 Å². The molecule has 0 aliphatic carbocycles. The molecular formula is C15H19NO. The molecule has 0 spiro atoms. The van der Waals surface area contributed by atoms with E-state index in [0.717, 1.165) is 12.8 Å². The molecule has 0 bridgehead atoms. The van der Waals surface area contributed by atoms with Crippen LogP contribution in [-0.4, -0.2) is 10.4 Å². The van der Waals surface area contributed by atoms with Crippen molar-refractivity contribution in [3.63, 3.8) is 0 Å². The van der Waals surface area contributed by atoms with Crippen LogP contribution >= 0.6 is 0 Å². The van der Waals surface area contributed by atoms with Crippen molar-refractivity contribution in [1.29, 1.82) is 0 Å². The van der Waals surface area contributed by atoms with E-state index in [-0.39, 0.29) is 5.78 Å². The maximum Gasteiger partial charge on any atom is 0.130 e. The number of Topliss-reactive ketones (excluding diaryl/α,β-unsaturated/α-hetero) is 1. The second kappa shape index (κ2) is 4.74. The monoisotopic (exact) mass is 229 g/mol. The first kappa shape index (κ1) is 11.9. The van der Waals surface area contributed by atoms with Gasteiger partial charge in [-0.15, -0.1) is 0 Å². The molecule has 2 nitrogen and oxygen atoms in total. The summed E-state index contributed by atoms with van der Waals surface area (Å²) in [5.41, 5.74) is 3.97. The highest BCUT2D eigenvalue weighted by atomic mass is 16.1. The predicted octanol–water partition coefficient (Wildman–Crippen LogP) is 3.26. The van der Waals surface area contributed by atoms with Gasteiger partial charge in [0.2, 0.25) is 0 Å². The molecule has 2 heteroatoms. The van der Waals surface area contributed by atoms with Gasteiger partial charge in [-0.1, -0.05) is 25.1 Å². The Morgan fingerprint density at radius 3 is 2.71 bits per heavy atom. The molecule has 2 rings (SSSR count). The van der Waals surface area contributed by atoms with Gasteiger partial charge in [-0.05, 0) is 30.9 Å². The second-order valence-electron chi connectivity index (χ2n) is 4.63. The van der Waals surface area contributed by atoms with Gasteiger partial charge in [-0.25, -0.2) is 0 Å². The highest BCUT2D eigenvalue weighted by Crippen LogP contribution is 2.25. The topological polar surface area (TPSA) is 22.0 Å². The molecule has 0 radical (unpaired) electrons. The van der Waals surface area contributed by atoms with Crippen molar-refractivity contribution in [2.45, 2.75) is 33.1 Å². The molecule has 0 saturated heterocycles. The lowest BCUT2D eigenvalue weighted by Gasteiger charge is -2.03. The molecule has 17 heavy (non-hydrogen) atoms. The van der Waals surface area contributed by atoms with Crippen molar-refractivity contribution in [1.82, 2.24) is 4.57 Å². The summed E-state index contributed by atoms with van der Waals surface area (Å²) in [6.45, 7) is 3.83. The smallest absolute Gasteiger partial charge is 0.130 e. The number of hydrogen-bond acceptors (Lipinski definition) is 1. The van der Waals surface area contributed by atoms with Crippen LogP contribution in [0.2, 0.25) is 0 Å². The van der Waals surface area contributed by atoms with E-state index >= 15 is 0 Å². The van der Waals surface area contributed by atoms with Gasteiger partial charge in [-0.2, -0.15) is 0 Å². The zero-order valence-corrected chi connectivity index (χ0v) is 10.8. The van der Waals surface area contributed by atoms with E-state index in [4.69, 9.17) is 0 Å². The third-order valence-corrected chi connectivity index (χ3v) is 3.30. The second-order valence-corrected chi connectivity index (χ2v) is 4.63. The lowest BCUT2D eigenvalue weighted by molar-refractivity contribution is -0.116. The van der Waals surface area contributed by atoms with Gasteiger partial charge in [0.05, 0.1) is 5.52 Å². The van der Waals surface area contributed by atoms with E-state index in [2.05, 4.69) is 42.9 Å². The van der Waals surface area contributed by atoms with Crippen LogP contribution in [-0.2, 0) is 24.7 Å². The van der Waals surface area contributed by atoms with Crippen LogP contribution < -0.4 is 0 Å². The minimum atomic E-state index is 0.258. The Bertz CT molecular complexity index is 551. The van der Waals surface area contributed by atoms with Gasteiger partial charge < -0.3 is 9.36 Å². The molecule has 1 heterocycles. The van der Waals surface area contributed by atoms with Crippen LogP contribution in [0, 0.1) is 0 Å². The summed E-state index contributed by atoms with van der Waals surface area (Å²) in [6, 6.07) is 6.44. The van der Waals surface area contributed by atoms with E-state index in [1.54, 1.807) is 6.92 Å². The number of ketones is 1. The number of rotatable bonds is 4. The van der Waals surface area contributed by atoms with Crippen LogP contribution in [0.3, 0.4) is 0 Å². The van der Waals surface area contributed by atoms with Gasteiger partial charge in [0.1, 0.15) is 5.78 Å². The zero-order valence-electron chi connectivity index (χ0n) is 10.8. The van der Waals surface area contributed by atoms with Gasteiger partial charge in [-0.3, -0.25) is 0 Å². The summed E-state index contributed by atoms with van der Waals surface area (Å²) in [6.07, 6.45) is 4.68. The fourth-order valence-electron chi connectivity index (χ4n) is 2.43. The number of aryl methyl sites for hydroxylation is 3. The minimum absolute atomic E-state index is 0.258. The molecule has 0 atom stereocenters. The summed E-state index contributed by atoms with van der Waals surface area (Å²) in [5.74, 6) is 0.258. The lowest BCUT2D eigenvalue weighted by atomic mass is 10.0. The van der Waals surface area contributed by atoms with Crippen molar-refractivity contribution in [2.75, 3.05) is 0 Å². The highest BCUT2D eigenvalue weighted by Gasteiger charge is 2.09. The van der Waals surface area contributed by atoms with Crippen LogP contribution in [0.4, 0.5) is 0 Å². The average Bonchev–Trinajstić information content (AvgIpc) is 2.64. The molecule has 2 aromatic rings. The molecule has 1 aromatic heterocycles. The third-order valence-electron chi connectivity index (χ3n) is 3.30. The van der Waals surface area contributed by atoms with E-state index in [1.807, 2.05) is 0 Å². The quantitative estimate of drug-likeness (QED) is 0.788. The van der Waals surface area contributed by atoms with Gasteiger partial charge >= 0.3 is 0 Å². The first-order chi connectivity index (χ1) is 8.13. The number of hydrogen-bond donors (Lipinski definition) is 0. The fourth-order valence-corrected chi connectivity index (χ4v) is 2.43. The molecule has 0 amide bonds. The number of carbonyl (C=O) groups is 1. The zero-order chi connectivity index (χ0) is 12.4. The van der Waals surface area contributed by atoms with Crippen molar-refractivity contribution < 1.29 is 4.79 Å². The Morgan fingerprint density at radius 2 is 2.06 bits per heavy atom. The van der Waals surface area contributed by atoms with Crippen molar-refractivity contribution >= 4 is 16.7 Å². The largest absolute Gasteiger partial charge is 0.350 e. The maximum atomic E-state index is 11.1. The maximum absolute atomic E-state index is 11.1. The van der Waals surface area contributed by atoms with Crippen LogP contribution in [0.15, 0.2) is 24.4 Å². The molecule has 0 unspecified atom stereocenters. The summed E-state index contributed by atoms with van der Waals surface area (Å²) >= 11 is 0. The number of aromatic nitrogens is 1.